The van der Waals surface area contributed by atoms with E-state index in [9.17, 15) is 10.2 Å². The van der Waals surface area contributed by atoms with Crippen LogP contribution in [0.25, 0.3) is 11.2 Å². The van der Waals surface area contributed by atoms with E-state index in [0.29, 0.717) is 23.4 Å². The molecule has 3 rings (SSSR count). The average Bonchev–Trinajstić information content (AvgIpc) is 2.93. The minimum atomic E-state index is -1.04. The van der Waals surface area contributed by atoms with E-state index in [-0.39, 0.29) is 5.82 Å². The Kier molecular flexibility index (Phi) is 3.08. The van der Waals surface area contributed by atoms with Gasteiger partial charge in [0.2, 0.25) is 0 Å². The Balaban J connectivity index is 2.18. The monoisotopic (exact) mass is 279 g/mol. The van der Waals surface area contributed by atoms with E-state index in [1.165, 1.54) is 6.33 Å². The number of ether oxygens (including phenoxy) is 1. The van der Waals surface area contributed by atoms with E-state index in [1.54, 1.807) is 11.5 Å². The molecule has 2 aromatic rings. The third-order valence-electron chi connectivity index (χ3n) is 3.63. The molecule has 0 aromatic carbocycles. The number of hydrogen-bond donors (Lipinski definition) is 3. The van der Waals surface area contributed by atoms with E-state index in [4.69, 9.17) is 10.5 Å². The first-order valence-electron chi connectivity index (χ1n) is 6.53. The number of aromatic nitrogens is 4. The number of fused-ring (bicyclic) bond motifs is 1. The summed E-state index contributed by atoms with van der Waals surface area (Å²) in [4.78, 5) is 12.5. The summed E-state index contributed by atoms with van der Waals surface area (Å²) >= 11 is 0. The van der Waals surface area contributed by atoms with Gasteiger partial charge in [0.05, 0.1) is 6.10 Å². The number of nitrogens with zero attached hydrogens (tertiary/aromatic N) is 4. The molecule has 0 aliphatic carbocycles. The number of rotatable bonds is 2. The molecule has 4 atom stereocenters. The van der Waals surface area contributed by atoms with Crippen LogP contribution in [0.5, 0.6) is 0 Å². The molecular formula is C12H17N5O3. The number of aryl methyl sites for hydroxylation is 1. The summed E-state index contributed by atoms with van der Waals surface area (Å²) < 4.78 is 7.33. The van der Waals surface area contributed by atoms with Crippen LogP contribution in [0.15, 0.2) is 6.33 Å². The molecule has 0 spiro atoms. The number of nitrogens with two attached hydrogens (primary N) is 1. The lowest BCUT2D eigenvalue weighted by Crippen LogP contribution is -2.30. The van der Waals surface area contributed by atoms with Crippen LogP contribution < -0.4 is 5.73 Å². The van der Waals surface area contributed by atoms with Crippen molar-refractivity contribution in [1.29, 1.82) is 0 Å². The van der Waals surface area contributed by atoms with Gasteiger partial charge >= 0.3 is 0 Å². The molecule has 20 heavy (non-hydrogen) atoms. The summed E-state index contributed by atoms with van der Waals surface area (Å²) in [6.45, 7) is 3.64. The number of aliphatic hydroxyl groups is 2. The van der Waals surface area contributed by atoms with Crippen LogP contribution in [0.3, 0.4) is 0 Å². The van der Waals surface area contributed by atoms with E-state index in [0.717, 1.165) is 0 Å². The fourth-order valence-corrected chi connectivity index (χ4v) is 2.53. The molecular weight excluding hydrogens is 262 g/mol. The van der Waals surface area contributed by atoms with Gasteiger partial charge in [-0.25, -0.2) is 15.0 Å². The summed E-state index contributed by atoms with van der Waals surface area (Å²) in [6.07, 6.45) is -1.21. The first-order chi connectivity index (χ1) is 9.54. The fraction of sp³-hybridized carbons (Fsp3) is 0.583. The highest BCUT2D eigenvalue weighted by Gasteiger charge is 2.42. The zero-order valence-corrected chi connectivity index (χ0v) is 11.3. The third kappa shape index (κ3) is 1.76. The normalized spacial score (nSPS) is 30.2. The fourth-order valence-electron chi connectivity index (χ4n) is 2.53. The van der Waals surface area contributed by atoms with Crippen molar-refractivity contribution in [1.82, 2.24) is 19.5 Å². The van der Waals surface area contributed by atoms with Gasteiger partial charge in [0.25, 0.3) is 0 Å². The summed E-state index contributed by atoms with van der Waals surface area (Å²) in [5.41, 5.74) is 6.78. The molecule has 1 fully saturated rings. The van der Waals surface area contributed by atoms with E-state index >= 15 is 0 Å². The van der Waals surface area contributed by atoms with Gasteiger partial charge in [0.15, 0.2) is 23.2 Å². The van der Waals surface area contributed by atoms with Crippen LogP contribution in [0.2, 0.25) is 0 Å². The van der Waals surface area contributed by atoms with Crippen LogP contribution in [0, 0.1) is 0 Å². The molecule has 0 unspecified atom stereocenters. The van der Waals surface area contributed by atoms with Crippen molar-refractivity contribution in [2.75, 3.05) is 5.73 Å². The second-order valence-electron chi connectivity index (χ2n) is 4.90. The molecule has 0 bridgehead atoms. The van der Waals surface area contributed by atoms with E-state index < -0.39 is 24.5 Å². The van der Waals surface area contributed by atoms with Gasteiger partial charge in [-0.3, -0.25) is 4.57 Å². The third-order valence-corrected chi connectivity index (χ3v) is 3.63. The molecule has 3 heterocycles. The Morgan fingerprint density at radius 2 is 2.10 bits per heavy atom. The lowest BCUT2D eigenvalue weighted by atomic mass is 10.1. The van der Waals surface area contributed by atoms with Crippen molar-refractivity contribution >= 4 is 17.0 Å². The number of anilines is 1. The number of hydrogen-bond acceptors (Lipinski definition) is 7. The van der Waals surface area contributed by atoms with Gasteiger partial charge in [-0.1, -0.05) is 6.92 Å². The quantitative estimate of drug-likeness (QED) is 0.684. The van der Waals surface area contributed by atoms with Crippen LogP contribution >= 0.6 is 0 Å². The topological polar surface area (TPSA) is 119 Å². The Labute approximate surface area is 115 Å². The van der Waals surface area contributed by atoms with Crippen molar-refractivity contribution in [3.8, 4) is 0 Å². The van der Waals surface area contributed by atoms with Gasteiger partial charge < -0.3 is 20.7 Å². The Bertz CT molecular complexity index is 643. The molecule has 2 aromatic heterocycles. The molecule has 8 nitrogen and oxygen atoms in total. The lowest BCUT2D eigenvalue weighted by molar-refractivity contribution is -0.0314. The zero-order chi connectivity index (χ0) is 14.4. The van der Waals surface area contributed by atoms with E-state index in [1.807, 2.05) is 6.92 Å². The zero-order valence-electron chi connectivity index (χ0n) is 11.3. The predicted octanol–water partition coefficient (Wildman–Crippen LogP) is -0.390. The van der Waals surface area contributed by atoms with Crippen LogP contribution in [0.1, 0.15) is 25.9 Å². The maximum Gasteiger partial charge on any atom is 0.167 e. The van der Waals surface area contributed by atoms with Crippen LogP contribution in [-0.2, 0) is 11.2 Å². The first kappa shape index (κ1) is 13.2. The molecule has 8 heteroatoms. The van der Waals surface area contributed by atoms with Crippen molar-refractivity contribution in [3.05, 3.63) is 12.2 Å². The summed E-state index contributed by atoms with van der Waals surface area (Å²) in [6, 6.07) is 0. The summed E-state index contributed by atoms with van der Waals surface area (Å²) in [5.74, 6) is 0.960. The average molecular weight is 279 g/mol. The van der Waals surface area contributed by atoms with Crippen molar-refractivity contribution in [3.63, 3.8) is 0 Å². The van der Waals surface area contributed by atoms with Gasteiger partial charge in [-0.15, -0.1) is 0 Å². The maximum absolute atomic E-state index is 10.2. The van der Waals surface area contributed by atoms with Crippen molar-refractivity contribution in [2.24, 2.45) is 0 Å². The number of aliphatic hydroxyl groups excluding tert-OH is 2. The molecule has 1 aliphatic rings. The highest BCUT2D eigenvalue weighted by molar-refractivity contribution is 5.81. The summed E-state index contributed by atoms with van der Waals surface area (Å²) in [7, 11) is 0. The molecule has 0 saturated carbocycles. The lowest BCUT2D eigenvalue weighted by Gasteiger charge is -2.18. The summed E-state index contributed by atoms with van der Waals surface area (Å²) in [5, 5.41) is 20.0. The van der Waals surface area contributed by atoms with E-state index in [2.05, 4.69) is 15.0 Å². The van der Waals surface area contributed by atoms with Gasteiger partial charge in [-0.05, 0) is 6.92 Å². The minimum absolute atomic E-state index is 0.282. The smallest absolute Gasteiger partial charge is 0.167 e. The molecule has 1 aliphatic heterocycles. The Morgan fingerprint density at radius 1 is 1.35 bits per heavy atom. The highest BCUT2D eigenvalue weighted by Crippen LogP contribution is 2.33. The molecule has 1 saturated heterocycles. The van der Waals surface area contributed by atoms with Crippen molar-refractivity contribution < 1.29 is 14.9 Å². The Morgan fingerprint density at radius 3 is 2.70 bits per heavy atom. The van der Waals surface area contributed by atoms with Gasteiger partial charge in [-0.2, -0.15) is 0 Å². The second-order valence-corrected chi connectivity index (χ2v) is 4.90. The van der Waals surface area contributed by atoms with Gasteiger partial charge in [0.1, 0.15) is 24.4 Å². The van der Waals surface area contributed by atoms with Crippen LogP contribution in [0.4, 0.5) is 5.82 Å². The standard InChI is InChI=1S/C12H17N5O3/c1-3-6-16-7-10(13)14-4-15-11(7)17(6)12-9(19)8(18)5(2)20-12/h4-5,8-9,12,18-19H,3H2,1-2H3,(H2,13,14,15)/t5-,8-,9-,12-/m1/s1. The Hall–Kier alpha value is -1.77. The van der Waals surface area contributed by atoms with Crippen molar-refractivity contribution in [2.45, 2.75) is 44.8 Å². The minimum Gasteiger partial charge on any atom is -0.388 e. The molecule has 4 N–H and O–H groups in total. The molecule has 0 amide bonds. The SMILES string of the molecule is CCc1nc2c(N)ncnc2n1[C@@H]1O[C@H](C)[C@@H](O)[C@H]1O. The number of imidazole rings is 1. The van der Waals surface area contributed by atoms with Gasteiger partial charge in [0, 0.05) is 6.42 Å². The highest BCUT2D eigenvalue weighted by atomic mass is 16.6. The maximum atomic E-state index is 10.2. The molecule has 0 radical (unpaired) electrons. The first-order valence-corrected chi connectivity index (χ1v) is 6.53. The number of nitrogen functional groups attached to an aromatic ring is 1. The molecule has 108 valence electrons. The largest absolute Gasteiger partial charge is 0.388 e. The predicted molar refractivity (Wildman–Crippen MR) is 70.7 cm³/mol. The second kappa shape index (κ2) is 4.65. The van der Waals surface area contributed by atoms with Crippen LogP contribution in [-0.4, -0.2) is 48.0 Å².